The van der Waals surface area contributed by atoms with Gasteiger partial charge >= 0.3 is 0 Å². The summed E-state index contributed by atoms with van der Waals surface area (Å²) in [6.45, 7) is 1.20. The SMILES string of the molecule is CN1C[C@H](O)[C@@H](O)C1. The van der Waals surface area contributed by atoms with Gasteiger partial charge in [-0.1, -0.05) is 0 Å². The maximum absolute atomic E-state index is 8.88. The third-order valence-electron chi connectivity index (χ3n) is 1.44. The summed E-state index contributed by atoms with van der Waals surface area (Å²) in [6.07, 6.45) is -1.06. The Morgan fingerprint density at radius 2 is 1.62 bits per heavy atom. The Morgan fingerprint density at radius 1 is 1.25 bits per heavy atom. The van der Waals surface area contributed by atoms with E-state index < -0.39 is 12.2 Å². The lowest BCUT2D eigenvalue weighted by Crippen LogP contribution is -2.22. The molecule has 0 aliphatic carbocycles. The summed E-state index contributed by atoms with van der Waals surface area (Å²) in [5.74, 6) is 0. The second-order valence-corrected chi connectivity index (χ2v) is 2.36. The van der Waals surface area contributed by atoms with E-state index in [0.717, 1.165) is 0 Å². The number of hydrogen-bond donors (Lipinski definition) is 2. The standard InChI is InChI=1S/C5H11NO2/c1-6-2-4(7)5(8)3-6/h4-5,7-8H,2-3H2,1H3/t4-,5-/m0/s1. The van der Waals surface area contributed by atoms with Crippen LogP contribution in [0.5, 0.6) is 0 Å². The Bertz CT molecular complexity index is 76.5. The Labute approximate surface area is 48.5 Å². The highest BCUT2D eigenvalue weighted by molar-refractivity contribution is 4.80. The third kappa shape index (κ3) is 0.992. The average Bonchev–Trinajstić information content (AvgIpc) is 1.85. The van der Waals surface area contributed by atoms with Crippen molar-refractivity contribution in [1.29, 1.82) is 0 Å². The van der Waals surface area contributed by atoms with Crippen LogP contribution in [0.15, 0.2) is 0 Å². The van der Waals surface area contributed by atoms with E-state index in [9.17, 15) is 0 Å². The molecule has 0 unspecified atom stereocenters. The molecule has 1 aliphatic rings. The zero-order valence-electron chi connectivity index (χ0n) is 4.91. The monoisotopic (exact) mass is 117 g/mol. The molecule has 0 spiro atoms. The number of likely N-dealkylation sites (N-methyl/N-ethyl adjacent to an activating group) is 1. The summed E-state index contributed by atoms with van der Waals surface area (Å²) >= 11 is 0. The molecule has 3 nitrogen and oxygen atoms in total. The number of nitrogens with zero attached hydrogens (tertiary/aromatic N) is 1. The zero-order valence-corrected chi connectivity index (χ0v) is 4.91. The van der Waals surface area contributed by atoms with E-state index in [-0.39, 0.29) is 0 Å². The van der Waals surface area contributed by atoms with E-state index >= 15 is 0 Å². The van der Waals surface area contributed by atoms with E-state index in [4.69, 9.17) is 10.2 Å². The fourth-order valence-electron chi connectivity index (χ4n) is 0.957. The number of likely N-dealkylation sites (tertiary alicyclic amines) is 1. The first-order valence-electron chi connectivity index (χ1n) is 2.75. The van der Waals surface area contributed by atoms with Crippen molar-refractivity contribution in [2.24, 2.45) is 0 Å². The maximum Gasteiger partial charge on any atom is 0.0938 e. The van der Waals surface area contributed by atoms with Gasteiger partial charge in [0, 0.05) is 13.1 Å². The first kappa shape index (κ1) is 6.01. The molecule has 1 fully saturated rings. The van der Waals surface area contributed by atoms with Gasteiger partial charge in [0.25, 0.3) is 0 Å². The molecule has 2 atom stereocenters. The summed E-state index contributed by atoms with van der Waals surface area (Å²) in [6, 6.07) is 0. The smallest absolute Gasteiger partial charge is 0.0938 e. The molecule has 0 amide bonds. The number of hydrogen-bond acceptors (Lipinski definition) is 3. The second kappa shape index (κ2) is 2.01. The molecule has 48 valence electrons. The molecule has 1 heterocycles. The van der Waals surface area contributed by atoms with Crippen molar-refractivity contribution in [3.8, 4) is 0 Å². The normalized spacial score (nSPS) is 40.9. The molecule has 0 aromatic rings. The van der Waals surface area contributed by atoms with Crippen LogP contribution >= 0.6 is 0 Å². The highest BCUT2D eigenvalue weighted by atomic mass is 16.3. The van der Waals surface area contributed by atoms with Crippen LogP contribution in [0.3, 0.4) is 0 Å². The van der Waals surface area contributed by atoms with Crippen LogP contribution in [0, 0.1) is 0 Å². The first-order valence-corrected chi connectivity index (χ1v) is 2.75. The minimum atomic E-state index is -0.528. The summed E-state index contributed by atoms with van der Waals surface area (Å²) in [5.41, 5.74) is 0. The molecule has 3 heteroatoms. The van der Waals surface area contributed by atoms with Crippen LogP contribution in [-0.2, 0) is 0 Å². The number of β-amino-alcohol motifs (C(OH)–C–C–N with tert-alkyl or cyclic N) is 2. The lowest BCUT2D eigenvalue weighted by atomic mass is 10.3. The maximum atomic E-state index is 8.88. The molecule has 1 saturated heterocycles. The van der Waals surface area contributed by atoms with E-state index in [1.165, 1.54) is 0 Å². The fourth-order valence-corrected chi connectivity index (χ4v) is 0.957. The highest BCUT2D eigenvalue weighted by Gasteiger charge is 2.26. The molecule has 8 heavy (non-hydrogen) atoms. The van der Waals surface area contributed by atoms with E-state index in [2.05, 4.69) is 0 Å². The van der Waals surface area contributed by atoms with Crippen molar-refractivity contribution in [2.45, 2.75) is 12.2 Å². The van der Waals surface area contributed by atoms with Gasteiger partial charge < -0.3 is 15.1 Å². The topological polar surface area (TPSA) is 43.7 Å². The Balaban J connectivity index is 2.39. The first-order chi connectivity index (χ1) is 3.70. The van der Waals surface area contributed by atoms with Gasteiger partial charge in [0.2, 0.25) is 0 Å². The lowest BCUT2D eigenvalue weighted by molar-refractivity contribution is 0.0572. The predicted octanol–water partition coefficient (Wildman–Crippen LogP) is -1.35. The molecule has 0 saturated carbocycles. The molecule has 0 radical (unpaired) electrons. The van der Waals surface area contributed by atoms with Crippen LogP contribution in [-0.4, -0.2) is 47.5 Å². The van der Waals surface area contributed by atoms with E-state index in [1.54, 1.807) is 0 Å². The lowest BCUT2D eigenvalue weighted by Gasteiger charge is -2.02. The number of aliphatic hydroxyl groups is 2. The molecule has 0 aromatic heterocycles. The molecular weight excluding hydrogens is 106 g/mol. The van der Waals surface area contributed by atoms with Gasteiger partial charge in [-0.25, -0.2) is 0 Å². The minimum absolute atomic E-state index is 0.528. The van der Waals surface area contributed by atoms with Gasteiger partial charge in [-0.3, -0.25) is 0 Å². The molecular formula is C5H11NO2. The molecule has 0 bridgehead atoms. The average molecular weight is 117 g/mol. The molecule has 0 aromatic carbocycles. The molecule has 1 aliphatic heterocycles. The molecule has 2 N–H and O–H groups in total. The van der Waals surface area contributed by atoms with Gasteiger partial charge in [0.1, 0.15) is 0 Å². The van der Waals surface area contributed by atoms with Crippen molar-refractivity contribution >= 4 is 0 Å². The van der Waals surface area contributed by atoms with Crippen LogP contribution in [0.2, 0.25) is 0 Å². The van der Waals surface area contributed by atoms with Gasteiger partial charge in [-0.05, 0) is 7.05 Å². The Hall–Kier alpha value is -0.120. The summed E-state index contributed by atoms with van der Waals surface area (Å²) < 4.78 is 0. The second-order valence-electron chi connectivity index (χ2n) is 2.36. The Kier molecular flexibility index (Phi) is 1.51. The van der Waals surface area contributed by atoms with E-state index in [0.29, 0.717) is 13.1 Å². The van der Waals surface area contributed by atoms with Crippen molar-refractivity contribution in [3.63, 3.8) is 0 Å². The largest absolute Gasteiger partial charge is 0.389 e. The van der Waals surface area contributed by atoms with Gasteiger partial charge in [0.15, 0.2) is 0 Å². The van der Waals surface area contributed by atoms with Crippen molar-refractivity contribution in [3.05, 3.63) is 0 Å². The summed E-state index contributed by atoms with van der Waals surface area (Å²) in [5, 5.41) is 17.8. The van der Waals surface area contributed by atoms with Gasteiger partial charge in [0.05, 0.1) is 12.2 Å². The third-order valence-corrected chi connectivity index (χ3v) is 1.44. The highest BCUT2D eigenvalue weighted by Crippen LogP contribution is 2.05. The van der Waals surface area contributed by atoms with Crippen LogP contribution in [0.1, 0.15) is 0 Å². The van der Waals surface area contributed by atoms with Crippen molar-refractivity contribution in [2.75, 3.05) is 20.1 Å². The minimum Gasteiger partial charge on any atom is -0.389 e. The zero-order chi connectivity index (χ0) is 6.15. The van der Waals surface area contributed by atoms with Gasteiger partial charge in [-0.2, -0.15) is 0 Å². The predicted molar refractivity (Wildman–Crippen MR) is 29.5 cm³/mol. The van der Waals surface area contributed by atoms with Crippen LogP contribution in [0.4, 0.5) is 0 Å². The fraction of sp³-hybridized carbons (Fsp3) is 1.00. The van der Waals surface area contributed by atoms with E-state index in [1.807, 2.05) is 11.9 Å². The quantitative estimate of drug-likeness (QED) is 0.412. The van der Waals surface area contributed by atoms with Crippen LogP contribution < -0.4 is 0 Å². The summed E-state index contributed by atoms with van der Waals surface area (Å²) in [7, 11) is 1.87. The molecule has 1 rings (SSSR count). The van der Waals surface area contributed by atoms with Crippen LogP contribution in [0.25, 0.3) is 0 Å². The number of aliphatic hydroxyl groups excluding tert-OH is 2. The van der Waals surface area contributed by atoms with Crippen molar-refractivity contribution < 1.29 is 10.2 Å². The van der Waals surface area contributed by atoms with Crippen molar-refractivity contribution in [1.82, 2.24) is 4.90 Å². The summed E-state index contributed by atoms with van der Waals surface area (Å²) in [4.78, 5) is 1.90. The van der Waals surface area contributed by atoms with Gasteiger partial charge in [-0.15, -0.1) is 0 Å². The number of rotatable bonds is 0. The Morgan fingerprint density at radius 3 is 1.75 bits per heavy atom.